The van der Waals surface area contributed by atoms with E-state index in [1.165, 1.54) is 34.0 Å². The fourth-order valence-corrected chi connectivity index (χ4v) is 5.56. The molecule has 1 amide bonds. The van der Waals surface area contributed by atoms with Crippen LogP contribution >= 0.6 is 11.8 Å². The zero-order chi connectivity index (χ0) is 23.9. The van der Waals surface area contributed by atoms with Crippen LogP contribution in [0.5, 0.6) is 0 Å². The first-order valence-corrected chi connectivity index (χ1v) is 12.9. The van der Waals surface area contributed by atoms with Gasteiger partial charge in [0.15, 0.2) is 5.17 Å². The van der Waals surface area contributed by atoms with Crippen LogP contribution in [0.25, 0.3) is 5.57 Å². The van der Waals surface area contributed by atoms with Crippen LogP contribution in [0.4, 0.5) is 0 Å². The number of amidine groups is 1. The van der Waals surface area contributed by atoms with E-state index in [2.05, 4.69) is 78.7 Å². The molecular weight excluding hydrogens is 438 g/mol. The third kappa shape index (κ3) is 5.43. The minimum atomic E-state index is -0.117. The smallest absolute Gasteiger partial charge is 0.237 e. The molecule has 2 aliphatic heterocycles. The van der Waals surface area contributed by atoms with Crippen LogP contribution in [-0.2, 0) is 4.79 Å². The van der Waals surface area contributed by atoms with Gasteiger partial charge in [0.1, 0.15) is 0 Å². The van der Waals surface area contributed by atoms with Gasteiger partial charge in [-0.25, -0.2) is 0 Å². The Morgan fingerprint density at radius 3 is 2.15 bits per heavy atom. The molecule has 2 heterocycles. The lowest BCUT2D eigenvalue weighted by Gasteiger charge is -2.35. The molecule has 0 spiro atoms. The van der Waals surface area contributed by atoms with Crippen molar-refractivity contribution in [2.24, 2.45) is 10.9 Å². The Morgan fingerprint density at radius 1 is 1.03 bits per heavy atom. The van der Waals surface area contributed by atoms with E-state index in [0.717, 1.165) is 38.9 Å². The van der Waals surface area contributed by atoms with Gasteiger partial charge >= 0.3 is 0 Å². The molecule has 5 heteroatoms. The van der Waals surface area contributed by atoms with Gasteiger partial charge in [-0.3, -0.25) is 14.7 Å². The number of aliphatic imine (C=N–C) groups is 1. The van der Waals surface area contributed by atoms with Crippen molar-refractivity contribution in [2.75, 3.05) is 19.6 Å². The summed E-state index contributed by atoms with van der Waals surface area (Å²) in [5.74, 6) is -0.0248. The predicted octanol–water partition coefficient (Wildman–Crippen LogP) is 6.20. The van der Waals surface area contributed by atoms with Crippen molar-refractivity contribution in [3.05, 3.63) is 102 Å². The maximum absolute atomic E-state index is 13.1. The van der Waals surface area contributed by atoms with Crippen molar-refractivity contribution < 1.29 is 4.79 Å². The van der Waals surface area contributed by atoms with Gasteiger partial charge in [-0.05, 0) is 54.8 Å². The maximum Gasteiger partial charge on any atom is 0.237 e. The summed E-state index contributed by atoms with van der Waals surface area (Å²) in [7, 11) is 0. The topological polar surface area (TPSA) is 35.9 Å². The quantitative estimate of drug-likeness (QED) is 0.482. The highest BCUT2D eigenvalue weighted by Crippen LogP contribution is 2.33. The molecule has 34 heavy (non-hydrogen) atoms. The molecule has 2 aromatic carbocycles. The van der Waals surface area contributed by atoms with Crippen molar-refractivity contribution in [2.45, 2.75) is 32.2 Å². The number of carbonyl (C=O) groups is 1. The lowest BCUT2D eigenvalue weighted by atomic mass is 9.88. The normalized spacial score (nSPS) is 21.2. The second-order valence-electron chi connectivity index (χ2n) is 8.78. The SMILES string of the molecule is C=CSC1=NC(C)C(CCN2CCC(=C(c3ccccc3)c3ccccc3)CC2)C(=O)N1C=C. The Hall–Kier alpha value is -2.89. The number of amides is 1. The number of likely N-dealkylation sites (tertiary alicyclic amines) is 1. The first-order valence-electron chi connectivity index (χ1n) is 12.0. The van der Waals surface area contributed by atoms with Gasteiger partial charge < -0.3 is 4.90 Å². The number of hydrogen-bond donors (Lipinski definition) is 0. The van der Waals surface area contributed by atoms with Crippen molar-refractivity contribution in [1.82, 2.24) is 9.80 Å². The van der Waals surface area contributed by atoms with Crippen LogP contribution in [-0.4, -0.2) is 46.6 Å². The zero-order valence-corrected chi connectivity index (χ0v) is 20.7. The fraction of sp³-hybridized carbons (Fsp3) is 0.310. The number of hydrogen-bond acceptors (Lipinski definition) is 4. The molecule has 0 bridgehead atoms. The third-order valence-electron chi connectivity index (χ3n) is 6.72. The highest BCUT2D eigenvalue weighted by Gasteiger charge is 2.35. The van der Waals surface area contributed by atoms with Gasteiger partial charge in [0.2, 0.25) is 5.91 Å². The van der Waals surface area contributed by atoms with E-state index in [9.17, 15) is 4.79 Å². The van der Waals surface area contributed by atoms with E-state index in [1.54, 1.807) is 16.5 Å². The number of rotatable bonds is 7. The molecule has 0 aromatic heterocycles. The van der Waals surface area contributed by atoms with E-state index in [4.69, 9.17) is 4.99 Å². The molecule has 2 atom stereocenters. The highest BCUT2D eigenvalue weighted by molar-refractivity contribution is 8.16. The van der Waals surface area contributed by atoms with Crippen molar-refractivity contribution in [3.63, 3.8) is 0 Å². The molecule has 0 radical (unpaired) electrons. The van der Waals surface area contributed by atoms with Crippen molar-refractivity contribution in [1.29, 1.82) is 0 Å². The molecule has 2 unspecified atom stereocenters. The van der Waals surface area contributed by atoms with Gasteiger partial charge in [-0.2, -0.15) is 0 Å². The van der Waals surface area contributed by atoms with Crippen LogP contribution in [0, 0.1) is 5.92 Å². The molecule has 2 aromatic rings. The largest absolute Gasteiger partial charge is 0.303 e. The Labute approximate surface area is 207 Å². The van der Waals surface area contributed by atoms with Crippen LogP contribution in [0.3, 0.4) is 0 Å². The fourth-order valence-electron chi connectivity index (χ4n) is 4.90. The van der Waals surface area contributed by atoms with E-state index >= 15 is 0 Å². The Morgan fingerprint density at radius 2 is 1.62 bits per heavy atom. The summed E-state index contributed by atoms with van der Waals surface area (Å²) in [6, 6.07) is 21.4. The summed E-state index contributed by atoms with van der Waals surface area (Å²) < 4.78 is 0. The summed E-state index contributed by atoms with van der Waals surface area (Å²) in [4.78, 5) is 21.9. The zero-order valence-electron chi connectivity index (χ0n) is 19.9. The molecule has 4 nitrogen and oxygen atoms in total. The van der Waals surface area contributed by atoms with Crippen LogP contribution in [0.1, 0.15) is 37.3 Å². The molecule has 0 N–H and O–H groups in total. The first-order chi connectivity index (χ1) is 16.6. The van der Waals surface area contributed by atoms with Gasteiger partial charge in [0.05, 0.1) is 12.0 Å². The number of benzene rings is 2. The molecule has 1 saturated heterocycles. The average Bonchev–Trinajstić information content (AvgIpc) is 2.86. The van der Waals surface area contributed by atoms with Crippen LogP contribution in [0.2, 0.25) is 0 Å². The van der Waals surface area contributed by atoms with Crippen LogP contribution < -0.4 is 0 Å². The molecule has 1 fully saturated rings. The van der Waals surface area contributed by atoms with Crippen molar-refractivity contribution >= 4 is 28.4 Å². The number of piperidine rings is 1. The molecular formula is C29H33N3OS. The van der Waals surface area contributed by atoms with E-state index in [-0.39, 0.29) is 17.9 Å². The predicted molar refractivity (Wildman–Crippen MR) is 144 cm³/mol. The van der Waals surface area contributed by atoms with Gasteiger partial charge in [-0.15, -0.1) is 0 Å². The number of nitrogens with zero attached hydrogens (tertiary/aromatic N) is 3. The van der Waals surface area contributed by atoms with Gasteiger partial charge in [-0.1, -0.05) is 91.2 Å². The summed E-state index contributed by atoms with van der Waals surface area (Å²) in [5, 5.41) is 2.37. The Bertz CT molecular complexity index is 1030. The molecule has 176 valence electrons. The van der Waals surface area contributed by atoms with Gasteiger partial charge in [0.25, 0.3) is 0 Å². The Balaban J connectivity index is 1.43. The number of carbonyl (C=O) groups excluding carboxylic acids is 1. The Kier molecular flexibility index (Phi) is 8.20. The van der Waals surface area contributed by atoms with E-state index in [0.29, 0.717) is 5.17 Å². The molecule has 2 aliphatic rings. The third-order valence-corrected chi connectivity index (χ3v) is 7.40. The van der Waals surface area contributed by atoms with E-state index < -0.39 is 0 Å². The average molecular weight is 472 g/mol. The molecule has 0 saturated carbocycles. The summed E-state index contributed by atoms with van der Waals surface area (Å²) >= 11 is 1.37. The number of thioether (sulfide) groups is 1. The minimum Gasteiger partial charge on any atom is -0.303 e. The second kappa shape index (κ2) is 11.5. The lowest BCUT2D eigenvalue weighted by molar-refractivity contribution is -0.131. The molecule has 0 aliphatic carbocycles. The van der Waals surface area contributed by atoms with Crippen LogP contribution in [0.15, 0.2) is 96.0 Å². The first kappa shape index (κ1) is 24.2. The highest BCUT2D eigenvalue weighted by atomic mass is 32.2. The summed E-state index contributed by atoms with van der Waals surface area (Å²) in [6.45, 7) is 12.5. The molecule has 4 rings (SSSR count). The lowest BCUT2D eigenvalue weighted by Crippen LogP contribution is -2.45. The minimum absolute atomic E-state index is 0.0332. The monoisotopic (exact) mass is 471 g/mol. The summed E-state index contributed by atoms with van der Waals surface area (Å²) in [5.41, 5.74) is 5.47. The second-order valence-corrected chi connectivity index (χ2v) is 9.71. The van der Waals surface area contributed by atoms with Crippen molar-refractivity contribution in [3.8, 4) is 0 Å². The standard InChI is InChI=1S/C29H33N3OS/c1-4-32-28(33)26(22(3)30-29(32)34-5-2)18-21-31-19-16-25(17-20-31)27(23-12-8-6-9-13-23)24-14-10-7-11-15-24/h4-15,22,26H,1-2,16-21H2,3H3. The summed E-state index contributed by atoms with van der Waals surface area (Å²) in [6.07, 6.45) is 4.47. The van der Waals surface area contributed by atoms with E-state index in [1.807, 2.05) is 6.92 Å². The van der Waals surface area contributed by atoms with Gasteiger partial charge in [0, 0.05) is 19.3 Å². The maximum atomic E-state index is 13.1.